The van der Waals surface area contributed by atoms with Crippen LogP contribution in [0.5, 0.6) is 0 Å². The van der Waals surface area contributed by atoms with E-state index in [1.807, 2.05) is 6.08 Å². The van der Waals surface area contributed by atoms with Gasteiger partial charge in [-0.1, -0.05) is 25.5 Å². The molecule has 3 rings (SSSR count). The normalized spacial score (nSPS) is 43.8. The fourth-order valence-corrected chi connectivity index (χ4v) is 3.68. The molecule has 2 aliphatic heterocycles. The third-order valence-corrected chi connectivity index (χ3v) is 4.82. The highest BCUT2D eigenvalue weighted by Gasteiger charge is 2.60. The monoisotopic (exact) mass is 232 g/mol. The van der Waals surface area contributed by atoms with Crippen LogP contribution in [-0.2, 0) is 9.53 Å². The minimum Gasteiger partial charge on any atom is -0.352 e. The number of ketones is 1. The van der Waals surface area contributed by atoms with Gasteiger partial charge in [-0.15, -0.1) is 0 Å². The van der Waals surface area contributed by atoms with Crippen molar-refractivity contribution in [3.05, 3.63) is 23.3 Å². The van der Waals surface area contributed by atoms with Crippen LogP contribution in [0.3, 0.4) is 0 Å². The number of fused-ring (bicyclic) bond motifs is 4. The molecule has 0 amide bonds. The van der Waals surface area contributed by atoms with Crippen molar-refractivity contribution in [3.63, 3.8) is 0 Å². The lowest BCUT2D eigenvalue weighted by atomic mass is 9.75. The molecule has 2 nitrogen and oxygen atoms in total. The molecule has 17 heavy (non-hydrogen) atoms. The molecule has 2 heteroatoms. The lowest BCUT2D eigenvalue weighted by Gasteiger charge is -2.44. The van der Waals surface area contributed by atoms with Crippen molar-refractivity contribution in [2.45, 2.75) is 51.7 Å². The van der Waals surface area contributed by atoms with E-state index >= 15 is 0 Å². The molecule has 92 valence electrons. The maximum absolute atomic E-state index is 12.7. The maximum Gasteiger partial charge on any atom is 0.195 e. The van der Waals surface area contributed by atoms with Gasteiger partial charge < -0.3 is 4.74 Å². The Hall–Kier alpha value is -0.890. The van der Waals surface area contributed by atoms with Crippen LogP contribution in [0, 0.1) is 11.8 Å². The fraction of sp³-hybridized carbons (Fsp3) is 0.667. The molecule has 0 aromatic carbocycles. The van der Waals surface area contributed by atoms with E-state index < -0.39 is 5.60 Å². The molecule has 0 aromatic heterocycles. The molecule has 1 unspecified atom stereocenters. The highest BCUT2D eigenvalue weighted by Crippen LogP contribution is 2.54. The minimum absolute atomic E-state index is 0.190. The zero-order chi connectivity index (χ0) is 12.4. The summed E-state index contributed by atoms with van der Waals surface area (Å²) in [7, 11) is 0. The summed E-state index contributed by atoms with van der Waals surface area (Å²) >= 11 is 0. The molecule has 2 heterocycles. The van der Waals surface area contributed by atoms with Gasteiger partial charge >= 0.3 is 0 Å². The van der Waals surface area contributed by atoms with E-state index in [0.717, 1.165) is 18.4 Å². The number of Topliss-reactive ketones (excluding diaryl/α,β-unsaturated/α-hetero) is 1. The van der Waals surface area contributed by atoms with E-state index in [0.29, 0.717) is 0 Å². The van der Waals surface area contributed by atoms with Gasteiger partial charge in [0.2, 0.25) is 0 Å². The Balaban J connectivity index is 2.18. The molecule has 0 saturated carbocycles. The Kier molecular flexibility index (Phi) is 2.05. The molecule has 1 fully saturated rings. The topological polar surface area (TPSA) is 26.3 Å². The van der Waals surface area contributed by atoms with Crippen molar-refractivity contribution in [3.8, 4) is 0 Å². The van der Waals surface area contributed by atoms with Crippen LogP contribution in [0.1, 0.15) is 40.5 Å². The first kappa shape index (κ1) is 11.2. The van der Waals surface area contributed by atoms with Crippen molar-refractivity contribution in [1.82, 2.24) is 0 Å². The Bertz CT molecular complexity index is 458. The Morgan fingerprint density at radius 3 is 2.76 bits per heavy atom. The Morgan fingerprint density at radius 2 is 2.12 bits per heavy atom. The number of hydrogen-bond donors (Lipinski definition) is 0. The smallest absolute Gasteiger partial charge is 0.195 e. The lowest BCUT2D eigenvalue weighted by molar-refractivity contribution is -0.168. The van der Waals surface area contributed by atoms with Crippen molar-refractivity contribution >= 4 is 5.78 Å². The van der Waals surface area contributed by atoms with Gasteiger partial charge in [0, 0.05) is 11.5 Å². The van der Waals surface area contributed by atoms with E-state index in [9.17, 15) is 4.79 Å². The number of allylic oxidation sites excluding steroid dienone is 1. The number of carbonyl (C=O) groups is 1. The summed E-state index contributed by atoms with van der Waals surface area (Å²) in [5.41, 5.74) is 1.40. The third-order valence-electron chi connectivity index (χ3n) is 4.82. The number of hydrogen-bond acceptors (Lipinski definition) is 2. The quantitative estimate of drug-likeness (QED) is 0.649. The van der Waals surface area contributed by atoms with E-state index in [4.69, 9.17) is 4.74 Å². The first-order chi connectivity index (χ1) is 7.91. The Morgan fingerprint density at radius 1 is 1.41 bits per heavy atom. The fourth-order valence-electron chi connectivity index (χ4n) is 3.68. The van der Waals surface area contributed by atoms with Crippen LogP contribution in [0.4, 0.5) is 0 Å². The van der Waals surface area contributed by atoms with Gasteiger partial charge in [0.05, 0.1) is 5.60 Å². The Labute approximate surface area is 103 Å². The van der Waals surface area contributed by atoms with E-state index in [1.54, 1.807) is 0 Å². The summed E-state index contributed by atoms with van der Waals surface area (Å²) < 4.78 is 6.21. The van der Waals surface area contributed by atoms with Gasteiger partial charge in [-0.05, 0) is 38.7 Å². The van der Waals surface area contributed by atoms with Crippen molar-refractivity contribution in [1.29, 1.82) is 0 Å². The average Bonchev–Trinajstić information content (AvgIpc) is 2.78. The van der Waals surface area contributed by atoms with Crippen molar-refractivity contribution in [2.75, 3.05) is 0 Å². The molecule has 0 aromatic rings. The molecule has 1 saturated heterocycles. The average molecular weight is 232 g/mol. The third kappa shape index (κ3) is 1.17. The van der Waals surface area contributed by atoms with Crippen LogP contribution in [0.2, 0.25) is 0 Å². The van der Waals surface area contributed by atoms with Gasteiger partial charge in [-0.2, -0.15) is 0 Å². The SMILES string of the molecule is CC1=C2C(=O)[C@@]3(C(C)C)C=C[C@](C)(O3)C2CC1. The van der Waals surface area contributed by atoms with Gasteiger partial charge in [0.1, 0.15) is 0 Å². The summed E-state index contributed by atoms with van der Waals surface area (Å²) in [5.74, 6) is 0.689. The van der Waals surface area contributed by atoms with Crippen LogP contribution in [-0.4, -0.2) is 17.0 Å². The molecular weight excluding hydrogens is 212 g/mol. The second kappa shape index (κ2) is 3.11. The van der Waals surface area contributed by atoms with Crippen molar-refractivity contribution < 1.29 is 9.53 Å². The van der Waals surface area contributed by atoms with Gasteiger partial charge in [-0.3, -0.25) is 4.79 Å². The standard InChI is InChI=1S/C15H20O2/c1-9(2)15-8-7-14(4,17-15)11-6-5-10(3)12(11)13(15)16/h7-9,11H,5-6H2,1-4H3/t11?,14-,15-/m0/s1. The van der Waals surface area contributed by atoms with Gasteiger partial charge in [0.15, 0.2) is 11.4 Å². The maximum atomic E-state index is 12.7. The van der Waals surface area contributed by atoms with Crippen LogP contribution in [0.15, 0.2) is 23.3 Å². The predicted molar refractivity (Wildman–Crippen MR) is 66.6 cm³/mol. The van der Waals surface area contributed by atoms with Crippen LogP contribution < -0.4 is 0 Å². The second-order valence-electron chi connectivity index (χ2n) is 6.18. The summed E-state index contributed by atoms with van der Waals surface area (Å²) in [6.45, 7) is 8.37. The zero-order valence-corrected chi connectivity index (χ0v) is 11.0. The molecule has 1 aliphatic carbocycles. The van der Waals surface area contributed by atoms with Crippen molar-refractivity contribution in [2.24, 2.45) is 11.8 Å². The largest absolute Gasteiger partial charge is 0.352 e. The summed E-state index contributed by atoms with van der Waals surface area (Å²) in [6.07, 6.45) is 6.24. The molecule has 0 N–H and O–H groups in total. The zero-order valence-electron chi connectivity index (χ0n) is 11.0. The second-order valence-corrected chi connectivity index (χ2v) is 6.18. The lowest BCUT2D eigenvalue weighted by Crippen LogP contribution is -2.54. The van der Waals surface area contributed by atoms with Gasteiger partial charge in [0.25, 0.3) is 0 Å². The first-order valence-electron chi connectivity index (χ1n) is 6.56. The molecule has 0 radical (unpaired) electrons. The van der Waals surface area contributed by atoms with E-state index in [2.05, 4.69) is 33.8 Å². The molecular formula is C15H20O2. The summed E-state index contributed by atoms with van der Waals surface area (Å²) in [5, 5.41) is 0. The molecule has 3 atom stereocenters. The van der Waals surface area contributed by atoms with Gasteiger partial charge in [-0.25, -0.2) is 0 Å². The predicted octanol–water partition coefficient (Wildman–Crippen LogP) is 3.04. The van der Waals surface area contributed by atoms with Crippen LogP contribution in [0.25, 0.3) is 0 Å². The van der Waals surface area contributed by atoms with Crippen LogP contribution >= 0.6 is 0 Å². The minimum atomic E-state index is -0.688. The first-order valence-corrected chi connectivity index (χ1v) is 6.56. The van der Waals surface area contributed by atoms with E-state index in [-0.39, 0.29) is 23.2 Å². The molecule has 3 aliphatic rings. The number of rotatable bonds is 1. The highest BCUT2D eigenvalue weighted by atomic mass is 16.5. The number of carbonyl (C=O) groups excluding carboxylic acids is 1. The molecule has 0 spiro atoms. The molecule has 2 bridgehead atoms. The van der Waals surface area contributed by atoms with E-state index in [1.165, 1.54) is 5.57 Å². The number of ether oxygens (including phenoxy) is 1. The highest BCUT2D eigenvalue weighted by molar-refractivity contribution is 6.06. The summed E-state index contributed by atoms with van der Waals surface area (Å²) in [6, 6.07) is 0. The summed E-state index contributed by atoms with van der Waals surface area (Å²) in [4.78, 5) is 12.7.